The molecule has 0 saturated heterocycles. The number of rotatable bonds is 6. The molecule has 0 bridgehead atoms. The third-order valence-corrected chi connectivity index (χ3v) is 12.2. The van der Waals surface area contributed by atoms with E-state index in [1.165, 1.54) is 80.7 Å². The highest BCUT2D eigenvalue weighted by molar-refractivity contribution is 7.26. The first-order valence-corrected chi connectivity index (χ1v) is 19.6. The quantitative estimate of drug-likeness (QED) is 0.166. The molecule has 258 valence electrons. The summed E-state index contributed by atoms with van der Waals surface area (Å²) in [6, 6.07) is 75.1. The highest BCUT2D eigenvalue weighted by Gasteiger charge is 2.21. The Hall–Kier alpha value is -6.94. The van der Waals surface area contributed by atoms with Gasteiger partial charge in [0, 0.05) is 43.3 Å². The summed E-state index contributed by atoms with van der Waals surface area (Å²) in [4.78, 5) is 2.46. The first kappa shape index (κ1) is 31.6. The van der Waals surface area contributed by atoms with E-state index in [1.807, 2.05) is 11.3 Å². The molecular formula is C52H34N2S. The van der Waals surface area contributed by atoms with Gasteiger partial charge in [0.25, 0.3) is 0 Å². The topological polar surface area (TPSA) is 8.17 Å². The van der Waals surface area contributed by atoms with Crippen LogP contribution < -0.4 is 4.90 Å². The van der Waals surface area contributed by atoms with E-state index in [1.54, 1.807) is 0 Å². The van der Waals surface area contributed by atoms with Crippen LogP contribution in [0.3, 0.4) is 0 Å². The van der Waals surface area contributed by atoms with Gasteiger partial charge in [0.2, 0.25) is 0 Å². The number of anilines is 3. The van der Waals surface area contributed by atoms with Gasteiger partial charge in [-0.05, 0) is 93.7 Å². The predicted octanol–water partition coefficient (Wildman–Crippen LogP) is 15.1. The lowest BCUT2D eigenvalue weighted by atomic mass is 9.94. The Bertz CT molecular complexity index is 3190. The fraction of sp³-hybridized carbons (Fsp3) is 0. The van der Waals surface area contributed by atoms with Gasteiger partial charge in [-0.15, -0.1) is 11.3 Å². The molecule has 0 aliphatic rings. The van der Waals surface area contributed by atoms with Crippen LogP contribution in [0.5, 0.6) is 0 Å². The maximum atomic E-state index is 2.46. The Balaban J connectivity index is 1.14. The minimum atomic E-state index is 1.11. The number of hydrogen-bond acceptors (Lipinski definition) is 2. The SMILES string of the molecule is c1ccc(-c2ccccc2-c2ccc(N(c3ccc4c(c3)c3ccccc3n4-c3ccccc3)c3cccc4c3sc3ccc5ccccc5c34)cc2)cc1. The fourth-order valence-electron chi connectivity index (χ4n) is 8.51. The van der Waals surface area contributed by atoms with E-state index in [0.717, 1.165) is 17.1 Å². The van der Waals surface area contributed by atoms with Crippen molar-refractivity contribution in [2.75, 3.05) is 4.90 Å². The molecule has 11 aromatic rings. The molecule has 2 nitrogen and oxygen atoms in total. The van der Waals surface area contributed by atoms with Gasteiger partial charge in [-0.2, -0.15) is 0 Å². The molecule has 0 radical (unpaired) electrons. The van der Waals surface area contributed by atoms with E-state index in [2.05, 4.69) is 216 Å². The van der Waals surface area contributed by atoms with Gasteiger partial charge >= 0.3 is 0 Å². The maximum Gasteiger partial charge on any atom is 0.0640 e. The molecule has 0 fully saturated rings. The molecule has 55 heavy (non-hydrogen) atoms. The molecule has 9 aromatic carbocycles. The van der Waals surface area contributed by atoms with Crippen LogP contribution >= 0.6 is 11.3 Å². The largest absolute Gasteiger partial charge is 0.309 e. The Morgan fingerprint density at radius 2 is 1.02 bits per heavy atom. The second kappa shape index (κ2) is 12.9. The molecule has 0 unspecified atom stereocenters. The van der Waals surface area contributed by atoms with E-state index >= 15 is 0 Å². The summed E-state index contributed by atoms with van der Waals surface area (Å²) in [7, 11) is 0. The molecule has 0 saturated carbocycles. The van der Waals surface area contributed by atoms with Crippen molar-refractivity contribution < 1.29 is 0 Å². The normalized spacial score (nSPS) is 11.6. The van der Waals surface area contributed by atoms with E-state index in [0.29, 0.717) is 0 Å². The highest BCUT2D eigenvalue weighted by atomic mass is 32.1. The third kappa shape index (κ3) is 5.16. The van der Waals surface area contributed by atoms with E-state index in [4.69, 9.17) is 0 Å². The Labute approximate surface area is 323 Å². The van der Waals surface area contributed by atoms with Crippen LogP contribution in [0.4, 0.5) is 17.1 Å². The van der Waals surface area contributed by atoms with Crippen molar-refractivity contribution in [1.29, 1.82) is 0 Å². The summed E-state index contributed by atoms with van der Waals surface area (Å²) in [5.41, 5.74) is 11.8. The zero-order valence-corrected chi connectivity index (χ0v) is 30.7. The van der Waals surface area contributed by atoms with Gasteiger partial charge in [0.1, 0.15) is 0 Å². The van der Waals surface area contributed by atoms with Gasteiger partial charge in [0.15, 0.2) is 0 Å². The summed E-state index contributed by atoms with van der Waals surface area (Å²) < 4.78 is 4.96. The predicted molar refractivity (Wildman–Crippen MR) is 237 cm³/mol. The number of nitrogens with zero attached hydrogens (tertiary/aromatic N) is 2. The number of hydrogen-bond donors (Lipinski definition) is 0. The molecule has 0 amide bonds. The molecule has 0 atom stereocenters. The number of para-hydroxylation sites is 2. The van der Waals surface area contributed by atoms with Crippen LogP contribution in [0.15, 0.2) is 206 Å². The lowest BCUT2D eigenvalue weighted by molar-refractivity contribution is 1.18. The summed E-state index contributed by atoms with van der Waals surface area (Å²) in [6.07, 6.45) is 0. The molecule has 0 N–H and O–H groups in total. The average molecular weight is 719 g/mol. The summed E-state index contributed by atoms with van der Waals surface area (Å²) in [5, 5.41) is 7.64. The van der Waals surface area contributed by atoms with Gasteiger partial charge in [0.05, 0.1) is 21.4 Å². The van der Waals surface area contributed by atoms with Crippen molar-refractivity contribution in [2.24, 2.45) is 0 Å². The second-order valence-electron chi connectivity index (χ2n) is 14.1. The standard InChI is InChI=1S/C52H34N2S/c1-3-14-35(15-4-1)41-19-9-10-20-42(41)37-26-29-39(30-27-37)53(49-25-13-23-45-51-43-21-8-7-16-36(43)28-33-50(51)55-52(45)49)40-31-32-48-46(34-40)44-22-11-12-24-47(44)54(48)38-17-5-2-6-18-38/h1-34H. The molecule has 2 aromatic heterocycles. The van der Waals surface area contributed by atoms with E-state index in [-0.39, 0.29) is 0 Å². The van der Waals surface area contributed by atoms with Crippen LogP contribution in [0.2, 0.25) is 0 Å². The lowest BCUT2D eigenvalue weighted by Gasteiger charge is -2.26. The van der Waals surface area contributed by atoms with Crippen LogP contribution in [-0.4, -0.2) is 4.57 Å². The third-order valence-electron chi connectivity index (χ3n) is 11.0. The second-order valence-corrected chi connectivity index (χ2v) is 15.2. The molecular weight excluding hydrogens is 685 g/mol. The van der Waals surface area contributed by atoms with Crippen LogP contribution in [-0.2, 0) is 0 Å². The number of thiophene rings is 1. The number of fused-ring (bicyclic) bond motifs is 8. The zero-order chi connectivity index (χ0) is 36.3. The van der Waals surface area contributed by atoms with Crippen molar-refractivity contribution in [1.82, 2.24) is 4.57 Å². The highest BCUT2D eigenvalue weighted by Crippen LogP contribution is 2.48. The van der Waals surface area contributed by atoms with Gasteiger partial charge < -0.3 is 9.47 Å². The first-order valence-electron chi connectivity index (χ1n) is 18.8. The summed E-state index contributed by atoms with van der Waals surface area (Å²) >= 11 is 1.88. The van der Waals surface area contributed by atoms with Crippen molar-refractivity contribution >= 4 is 81.1 Å². The number of aromatic nitrogens is 1. The van der Waals surface area contributed by atoms with Crippen LogP contribution in [0.1, 0.15) is 0 Å². The first-order chi connectivity index (χ1) is 27.3. The van der Waals surface area contributed by atoms with E-state index in [9.17, 15) is 0 Å². The Kier molecular flexibility index (Phi) is 7.39. The average Bonchev–Trinajstić information content (AvgIpc) is 3.81. The van der Waals surface area contributed by atoms with Gasteiger partial charge in [-0.25, -0.2) is 0 Å². The lowest BCUT2D eigenvalue weighted by Crippen LogP contribution is -2.10. The monoisotopic (exact) mass is 718 g/mol. The van der Waals surface area contributed by atoms with Gasteiger partial charge in [-0.3, -0.25) is 0 Å². The zero-order valence-electron chi connectivity index (χ0n) is 29.9. The van der Waals surface area contributed by atoms with Crippen molar-refractivity contribution in [3.8, 4) is 27.9 Å². The minimum absolute atomic E-state index is 1.11. The molecule has 11 rings (SSSR count). The number of benzene rings is 9. The van der Waals surface area contributed by atoms with Crippen molar-refractivity contribution in [3.05, 3.63) is 206 Å². The minimum Gasteiger partial charge on any atom is -0.309 e. The molecule has 0 spiro atoms. The van der Waals surface area contributed by atoms with Gasteiger partial charge in [-0.1, -0.05) is 146 Å². The van der Waals surface area contributed by atoms with E-state index < -0.39 is 0 Å². The smallest absolute Gasteiger partial charge is 0.0640 e. The molecule has 2 heterocycles. The van der Waals surface area contributed by atoms with Crippen LogP contribution in [0, 0.1) is 0 Å². The molecule has 0 aliphatic carbocycles. The fourth-order valence-corrected chi connectivity index (χ4v) is 9.73. The van der Waals surface area contributed by atoms with Crippen molar-refractivity contribution in [3.63, 3.8) is 0 Å². The van der Waals surface area contributed by atoms with Crippen molar-refractivity contribution in [2.45, 2.75) is 0 Å². The molecule has 0 aliphatic heterocycles. The Morgan fingerprint density at radius 1 is 0.400 bits per heavy atom. The Morgan fingerprint density at radius 3 is 1.82 bits per heavy atom. The summed E-state index contributed by atoms with van der Waals surface area (Å²) in [6.45, 7) is 0. The van der Waals surface area contributed by atoms with Crippen LogP contribution in [0.25, 0.3) is 80.7 Å². The summed E-state index contributed by atoms with van der Waals surface area (Å²) in [5.74, 6) is 0. The molecule has 3 heteroatoms. The maximum absolute atomic E-state index is 2.46.